The summed E-state index contributed by atoms with van der Waals surface area (Å²) < 4.78 is 0. The molecule has 1 amide bonds. The van der Waals surface area contributed by atoms with Gasteiger partial charge in [-0.1, -0.05) is 31.0 Å². The normalized spacial score (nSPS) is 17.0. The van der Waals surface area contributed by atoms with Crippen LogP contribution in [0.15, 0.2) is 30.3 Å². The molecule has 2 aromatic rings. The molecule has 1 aromatic heterocycles. The fraction of sp³-hybridized carbons (Fsp3) is 0.412. The molecule has 0 spiro atoms. The van der Waals surface area contributed by atoms with Crippen LogP contribution in [0.1, 0.15) is 41.7 Å². The van der Waals surface area contributed by atoms with Crippen molar-refractivity contribution in [2.24, 2.45) is 5.73 Å². The average molecular weight is 283 g/mol. The van der Waals surface area contributed by atoms with E-state index in [1.54, 1.807) is 0 Å². The first-order chi connectivity index (χ1) is 10.1. The van der Waals surface area contributed by atoms with E-state index in [1.165, 1.54) is 0 Å². The van der Waals surface area contributed by atoms with Gasteiger partial charge in [-0.25, -0.2) is 0 Å². The zero-order valence-electron chi connectivity index (χ0n) is 12.4. The van der Waals surface area contributed by atoms with Crippen LogP contribution in [0, 0.1) is 6.92 Å². The molecule has 0 unspecified atom stereocenters. The average Bonchev–Trinajstić information content (AvgIpc) is 2.91. The van der Waals surface area contributed by atoms with Crippen molar-refractivity contribution in [1.29, 1.82) is 0 Å². The Bertz CT molecular complexity index is 675. The number of hydrogen-bond donors (Lipinski definition) is 2. The van der Waals surface area contributed by atoms with Crippen LogP contribution in [0.4, 0.5) is 0 Å². The Hall–Kier alpha value is -1.94. The first-order valence-corrected chi connectivity index (χ1v) is 7.51. The Kier molecular flexibility index (Phi) is 3.64. The molecule has 0 bridgehead atoms. The number of carbonyl (C=O) groups excluding carboxylic acids is 1. The lowest BCUT2D eigenvalue weighted by Gasteiger charge is -2.23. The fourth-order valence-corrected chi connectivity index (χ4v) is 3.04. The second kappa shape index (κ2) is 5.45. The maximum atomic E-state index is 12.5. The molecule has 0 atom stereocenters. The van der Waals surface area contributed by atoms with Gasteiger partial charge in [0.2, 0.25) is 0 Å². The van der Waals surface area contributed by atoms with Gasteiger partial charge in [-0.2, -0.15) is 0 Å². The summed E-state index contributed by atoms with van der Waals surface area (Å²) in [4.78, 5) is 17.0. The third-order valence-corrected chi connectivity index (χ3v) is 4.30. The molecule has 1 saturated carbocycles. The number of benzene rings is 1. The monoisotopic (exact) mass is 283 g/mol. The van der Waals surface area contributed by atoms with Gasteiger partial charge in [-0.05, 0) is 31.9 Å². The van der Waals surface area contributed by atoms with Gasteiger partial charge in [0.1, 0.15) is 0 Å². The van der Waals surface area contributed by atoms with Crippen molar-refractivity contribution in [1.82, 2.24) is 10.3 Å². The quantitative estimate of drug-likeness (QED) is 0.909. The van der Waals surface area contributed by atoms with Crippen molar-refractivity contribution >= 4 is 16.8 Å². The lowest BCUT2D eigenvalue weighted by Crippen LogP contribution is -2.48. The molecule has 3 rings (SSSR count). The molecule has 21 heavy (non-hydrogen) atoms. The maximum Gasteiger partial charge on any atom is 0.253 e. The molecule has 3 N–H and O–H groups in total. The number of para-hydroxylation sites is 1. The standard InChI is InChI=1S/C17H21N3O/c1-12-7-8-13-5-4-6-14(15(13)20-12)16(21)19-11-17(18)9-2-3-10-17/h4-8H,2-3,9-11,18H2,1H3,(H,19,21). The Balaban J connectivity index is 1.82. The van der Waals surface area contributed by atoms with Crippen LogP contribution in [0.2, 0.25) is 0 Å². The molecular formula is C17H21N3O. The molecule has 1 fully saturated rings. The highest BCUT2D eigenvalue weighted by atomic mass is 16.1. The van der Waals surface area contributed by atoms with E-state index in [9.17, 15) is 4.79 Å². The van der Waals surface area contributed by atoms with E-state index < -0.39 is 0 Å². The van der Waals surface area contributed by atoms with Crippen molar-refractivity contribution in [3.8, 4) is 0 Å². The lowest BCUT2D eigenvalue weighted by atomic mass is 9.99. The molecule has 0 radical (unpaired) electrons. The van der Waals surface area contributed by atoms with Crippen LogP contribution < -0.4 is 11.1 Å². The second-order valence-corrected chi connectivity index (χ2v) is 6.08. The number of rotatable bonds is 3. The minimum Gasteiger partial charge on any atom is -0.350 e. The minimum atomic E-state index is -0.233. The Morgan fingerprint density at radius 1 is 1.29 bits per heavy atom. The maximum absolute atomic E-state index is 12.5. The highest BCUT2D eigenvalue weighted by Crippen LogP contribution is 2.26. The molecule has 1 aliphatic rings. The first-order valence-electron chi connectivity index (χ1n) is 7.51. The molecule has 0 saturated heterocycles. The fourth-order valence-electron chi connectivity index (χ4n) is 3.04. The molecule has 4 nitrogen and oxygen atoms in total. The minimum absolute atomic E-state index is 0.0876. The molecule has 110 valence electrons. The predicted octanol–water partition coefficient (Wildman–Crippen LogP) is 2.54. The van der Waals surface area contributed by atoms with E-state index >= 15 is 0 Å². The number of aromatic nitrogens is 1. The number of nitrogens with two attached hydrogens (primary N) is 1. The van der Waals surface area contributed by atoms with Crippen LogP contribution in [0.3, 0.4) is 0 Å². The molecule has 0 aliphatic heterocycles. The second-order valence-electron chi connectivity index (χ2n) is 6.08. The Morgan fingerprint density at radius 3 is 2.81 bits per heavy atom. The van der Waals surface area contributed by atoms with Gasteiger partial charge in [-0.15, -0.1) is 0 Å². The number of fused-ring (bicyclic) bond motifs is 1. The lowest BCUT2D eigenvalue weighted by molar-refractivity contribution is 0.0945. The summed E-state index contributed by atoms with van der Waals surface area (Å²) in [5.74, 6) is -0.0876. The molecular weight excluding hydrogens is 262 g/mol. The smallest absolute Gasteiger partial charge is 0.253 e. The van der Waals surface area contributed by atoms with Crippen molar-refractivity contribution in [2.75, 3.05) is 6.54 Å². The summed E-state index contributed by atoms with van der Waals surface area (Å²) in [5, 5.41) is 3.97. The summed E-state index contributed by atoms with van der Waals surface area (Å²) >= 11 is 0. The van der Waals surface area contributed by atoms with Gasteiger partial charge < -0.3 is 11.1 Å². The first kappa shape index (κ1) is 14.0. The zero-order valence-corrected chi connectivity index (χ0v) is 12.4. The van der Waals surface area contributed by atoms with Crippen molar-refractivity contribution in [3.63, 3.8) is 0 Å². The molecule has 1 heterocycles. The topological polar surface area (TPSA) is 68.0 Å². The van der Waals surface area contributed by atoms with Gasteiger partial charge in [0.15, 0.2) is 0 Å². The number of aryl methyl sites for hydroxylation is 1. The van der Waals surface area contributed by atoms with Crippen LogP contribution in [0.25, 0.3) is 10.9 Å². The van der Waals surface area contributed by atoms with Crippen LogP contribution >= 0.6 is 0 Å². The molecule has 4 heteroatoms. The number of amides is 1. The molecule has 1 aliphatic carbocycles. The van der Waals surface area contributed by atoms with E-state index in [0.717, 1.165) is 42.3 Å². The third kappa shape index (κ3) is 2.90. The van der Waals surface area contributed by atoms with Gasteiger partial charge >= 0.3 is 0 Å². The summed E-state index contributed by atoms with van der Waals surface area (Å²) in [6.45, 7) is 2.47. The number of hydrogen-bond acceptors (Lipinski definition) is 3. The summed E-state index contributed by atoms with van der Waals surface area (Å²) in [7, 11) is 0. The largest absolute Gasteiger partial charge is 0.350 e. The van der Waals surface area contributed by atoms with E-state index in [-0.39, 0.29) is 11.4 Å². The van der Waals surface area contributed by atoms with Crippen LogP contribution in [-0.2, 0) is 0 Å². The summed E-state index contributed by atoms with van der Waals surface area (Å²) in [6, 6.07) is 9.64. The Morgan fingerprint density at radius 2 is 2.05 bits per heavy atom. The van der Waals surface area contributed by atoms with E-state index in [1.807, 2.05) is 37.3 Å². The van der Waals surface area contributed by atoms with Crippen molar-refractivity contribution in [2.45, 2.75) is 38.1 Å². The number of carbonyl (C=O) groups is 1. The number of nitrogens with zero attached hydrogens (tertiary/aromatic N) is 1. The van der Waals surface area contributed by atoms with E-state index in [0.29, 0.717) is 12.1 Å². The Labute approximate surface area is 124 Å². The summed E-state index contributed by atoms with van der Waals surface area (Å²) in [5.41, 5.74) is 8.35. The van der Waals surface area contributed by atoms with Gasteiger partial charge in [-0.3, -0.25) is 9.78 Å². The molecule has 1 aromatic carbocycles. The van der Waals surface area contributed by atoms with Crippen LogP contribution in [0.5, 0.6) is 0 Å². The highest BCUT2D eigenvalue weighted by molar-refractivity contribution is 6.05. The zero-order chi connectivity index (χ0) is 14.9. The summed E-state index contributed by atoms with van der Waals surface area (Å²) in [6.07, 6.45) is 4.28. The van der Waals surface area contributed by atoms with Gasteiger partial charge in [0.05, 0.1) is 11.1 Å². The van der Waals surface area contributed by atoms with Gasteiger partial charge in [0.25, 0.3) is 5.91 Å². The van der Waals surface area contributed by atoms with E-state index in [4.69, 9.17) is 5.73 Å². The third-order valence-electron chi connectivity index (χ3n) is 4.30. The van der Waals surface area contributed by atoms with Crippen molar-refractivity contribution < 1.29 is 4.79 Å². The predicted molar refractivity (Wildman–Crippen MR) is 84.2 cm³/mol. The number of nitrogens with one attached hydrogen (secondary N) is 1. The van der Waals surface area contributed by atoms with Crippen LogP contribution in [-0.4, -0.2) is 23.0 Å². The van der Waals surface area contributed by atoms with Crippen molar-refractivity contribution in [3.05, 3.63) is 41.6 Å². The SMILES string of the molecule is Cc1ccc2cccc(C(=O)NCC3(N)CCCC3)c2n1. The highest BCUT2D eigenvalue weighted by Gasteiger charge is 2.29. The number of pyridine rings is 1. The van der Waals surface area contributed by atoms with E-state index in [2.05, 4.69) is 10.3 Å². The van der Waals surface area contributed by atoms with Gasteiger partial charge in [0, 0.05) is 23.2 Å².